The van der Waals surface area contributed by atoms with Crippen LogP contribution < -0.4 is 5.32 Å². The van der Waals surface area contributed by atoms with Crippen LogP contribution in [0.25, 0.3) is 0 Å². The maximum Gasteiger partial charge on any atom is 0.243 e. The normalized spacial score (nSPS) is 11.8. The van der Waals surface area contributed by atoms with Gasteiger partial charge in [0, 0.05) is 34.8 Å². The molecule has 0 saturated carbocycles. The van der Waals surface area contributed by atoms with Crippen molar-refractivity contribution in [1.29, 1.82) is 0 Å². The molecule has 36 heavy (non-hydrogen) atoms. The summed E-state index contributed by atoms with van der Waals surface area (Å²) < 4.78 is 0.937. The maximum absolute atomic E-state index is 13.7. The minimum atomic E-state index is -0.621. The molecule has 0 bridgehead atoms. The van der Waals surface area contributed by atoms with Gasteiger partial charge in [-0.25, -0.2) is 0 Å². The molecule has 7 heteroatoms. The quantitative estimate of drug-likeness (QED) is 0.255. The predicted molar refractivity (Wildman–Crippen MR) is 154 cm³/mol. The second-order valence-electron chi connectivity index (χ2n) is 9.12. The Bertz CT molecular complexity index is 1140. The molecule has 0 unspecified atom stereocenters. The van der Waals surface area contributed by atoms with E-state index in [9.17, 15) is 9.59 Å². The Labute approximate surface area is 231 Å². The fourth-order valence-corrected chi connectivity index (χ4v) is 5.29. The number of thioether (sulfide) groups is 1. The second kappa shape index (κ2) is 14.5. The standard InChI is InChI=1S/C29H32BrClN2O2S/c1-21(2)17-32-29(35)27(16-22-8-4-3-5-9-22)33(18-23-10-6-12-25(30)14-23)28(34)20-36-19-24-11-7-13-26(31)15-24/h3-15,21,27H,16-20H2,1-2H3,(H,32,35)/t27-/m0/s1. The van der Waals surface area contributed by atoms with Crippen LogP contribution in [-0.2, 0) is 28.3 Å². The molecule has 0 aliphatic rings. The van der Waals surface area contributed by atoms with Crippen molar-refractivity contribution in [2.45, 2.75) is 38.6 Å². The highest BCUT2D eigenvalue weighted by Gasteiger charge is 2.30. The van der Waals surface area contributed by atoms with Crippen LogP contribution in [-0.4, -0.2) is 35.1 Å². The highest BCUT2D eigenvalue weighted by molar-refractivity contribution is 9.10. The summed E-state index contributed by atoms with van der Waals surface area (Å²) in [5.74, 6) is 1.05. The molecule has 0 aliphatic heterocycles. The molecule has 1 N–H and O–H groups in total. The van der Waals surface area contributed by atoms with Gasteiger partial charge in [-0.2, -0.15) is 0 Å². The Morgan fingerprint density at radius 1 is 0.944 bits per heavy atom. The van der Waals surface area contributed by atoms with E-state index in [2.05, 4.69) is 35.1 Å². The third-order valence-electron chi connectivity index (χ3n) is 5.58. The van der Waals surface area contributed by atoms with Gasteiger partial charge in [-0.15, -0.1) is 11.8 Å². The van der Waals surface area contributed by atoms with Gasteiger partial charge in [0.15, 0.2) is 0 Å². The van der Waals surface area contributed by atoms with E-state index in [0.717, 1.165) is 21.2 Å². The van der Waals surface area contributed by atoms with Crippen molar-refractivity contribution < 1.29 is 9.59 Å². The van der Waals surface area contributed by atoms with Gasteiger partial charge in [0.05, 0.1) is 5.75 Å². The third kappa shape index (κ3) is 9.30. The zero-order valence-corrected chi connectivity index (χ0v) is 23.8. The van der Waals surface area contributed by atoms with E-state index >= 15 is 0 Å². The molecule has 0 aromatic heterocycles. The van der Waals surface area contributed by atoms with Gasteiger partial charge < -0.3 is 10.2 Å². The van der Waals surface area contributed by atoms with Gasteiger partial charge >= 0.3 is 0 Å². The summed E-state index contributed by atoms with van der Waals surface area (Å²) in [6, 6.07) is 24.8. The van der Waals surface area contributed by atoms with Crippen LogP contribution in [0.15, 0.2) is 83.3 Å². The lowest BCUT2D eigenvalue weighted by Crippen LogP contribution is -2.51. The summed E-state index contributed by atoms with van der Waals surface area (Å²) in [6.45, 7) is 5.03. The molecule has 0 spiro atoms. The molecular weight excluding hydrogens is 556 g/mol. The number of carbonyl (C=O) groups is 2. The third-order valence-corrected chi connectivity index (χ3v) is 7.30. The van der Waals surface area contributed by atoms with E-state index < -0.39 is 6.04 Å². The van der Waals surface area contributed by atoms with E-state index in [4.69, 9.17) is 11.6 Å². The number of halogens is 2. The zero-order valence-electron chi connectivity index (χ0n) is 20.6. The fraction of sp³-hybridized carbons (Fsp3) is 0.310. The number of benzene rings is 3. The number of nitrogens with zero attached hydrogens (tertiary/aromatic N) is 1. The number of amides is 2. The smallest absolute Gasteiger partial charge is 0.243 e. The van der Waals surface area contributed by atoms with Gasteiger partial charge in [-0.3, -0.25) is 9.59 Å². The first kappa shape index (κ1) is 28.3. The van der Waals surface area contributed by atoms with Crippen LogP contribution in [0.2, 0.25) is 5.02 Å². The van der Waals surface area contributed by atoms with Crippen molar-refractivity contribution in [2.24, 2.45) is 5.92 Å². The molecule has 190 valence electrons. The molecule has 3 aromatic carbocycles. The molecule has 3 aromatic rings. The molecule has 4 nitrogen and oxygen atoms in total. The summed E-state index contributed by atoms with van der Waals surface area (Å²) in [5, 5.41) is 3.74. The monoisotopic (exact) mass is 586 g/mol. The van der Waals surface area contributed by atoms with Crippen molar-refractivity contribution in [1.82, 2.24) is 10.2 Å². The molecule has 0 saturated heterocycles. The summed E-state index contributed by atoms with van der Waals surface area (Å²) in [7, 11) is 0. The van der Waals surface area contributed by atoms with E-state index in [-0.39, 0.29) is 17.6 Å². The van der Waals surface area contributed by atoms with E-state index in [1.165, 1.54) is 11.8 Å². The van der Waals surface area contributed by atoms with Crippen LogP contribution in [0.5, 0.6) is 0 Å². The topological polar surface area (TPSA) is 49.4 Å². The zero-order chi connectivity index (χ0) is 25.9. The van der Waals surface area contributed by atoms with Gasteiger partial charge in [0.1, 0.15) is 6.04 Å². The maximum atomic E-state index is 13.7. The van der Waals surface area contributed by atoms with Crippen molar-refractivity contribution in [2.75, 3.05) is 12.3 Å². The van der Waals surface area contributed by atoms with Gasteiger partial charge in [-0.05, 0) is 46.9 Å². The van der Waals surface area contributed by atoms with Crippen molar-refractivity contribution >= 4 is 51.1 Å². The van der Waals surface area contributed by atoms with Crippen LogP contribution >= 0.6 is 39.3 Å². The van der Waals surface area contributed by atoms with Crippen LogP contribution in [0, 0.1) is 5.92 Å². The van der Waals surface area contributed by atoms with Crippen molar-refractivity contribution in [3.8, 4) is 0 Å². The predicted octanol–water partition coefficient (Wildman–Crippen LogP) is 6.75. The van der Waals surface area contributed by atoms with E-state index in [1.54, 1.807) is 4.90 Å². The van der Waals surface area contributed by atoms with E-state index in [0.29, 0.717) is 36.2 Å². The molecule has 0 aliphatic carbocycles. The van der Waals surface area contributed by atoms with Gasteiger partial charge in [0.2, 0.25) is 11.8 Å². The first-order valence-corrected chi connectivity index (χ1v) is 14.3. The molecule has 2 amide bonds. The minimum Gasteiger partial charge on any atom is -0.354 e. The molecule has 0 heterocycles. The lowest BCUT2D eigenvalue weighted by Gasteiger charge is -2.32. The van der Waals surface area contributed by atoms with Crippen molar-refractivity contribution in [3.05, 3.63) is 105 Å². The van der Waals surface area contributed by atoms with Crippen molar-refractivity contribution in [3.63, 3.8) is 0 Å². The lowest BCUT2D eigenvalue weighted by atomic mass is 10.0. The first-order valence-electron chi connectivity index (χ1n) is 12.0. The molecule has 0 fully saturated rings. The fourth-order valence-electron chi connectivity index (χ4n) is 3.77. The Morgan fingerprint density at radius 3 is 2.33 bits per heavy atom. The second-order valence-corrected chi connectivity index (χ2v) is 11.5. The summed E-state index contributed by atoms with van der Waals surface area (Å²) in [4.78, 5) is 28.8. The Hall–Kier alpha value is -2.28. The Kier molecular flexibility index (Phi) is 11.4. The van der Waals surface area contributed by atoms with Crippen LogP contribution in [0.1, 0.15) is 30.5 Å². The molecule has 0 radical (unpaired) electrons. The Balaban J connectivity index is 1.84. The number of hydrogen-bond donors (Lipinski definition) is 1. The number of hydrogen-bond acceptors (Lipinski definition) is 3. The first-order chi connectivity index (χ1) is 17.3. The highest BCUT2D eigenvalue weighted by atomic mass is 79.9. The molecular formula is C29H32BrClN2O2S. The Morgan fingerprint density at radius 2 is 1.64 bits per heavy atom. The average Bonchev–Trinajstić information content (AvgIpc) is 2.85. The molecule has 3 rings (SSSR count). The largest absolute Gasteiger partial charge is 0.354 e. The van der Waals surface area contributed by atoms with Gasteiger partial charge in [-0.1, -0.05) is 96.0 Å². The number of nitrogens with one attached hydrogen (secondary N) is 1. The summed E-state index contributed by atoms with van der Waals surface area (Å²) >= 11 is 11.2. The lowest BCUT2D eigenvalue weighted by molar-refractivity contribution is -0.139. The number of rotatable bonds is 12. The summed E-state index contributed by atoms with van der Waals surface area (Å²) in [5.41, 5.74) is 3.04. The minimum absolute atomic E-state index is 0.0670. The van der Waals surface area contributed by atoms with Crippen LogP contribution in [0.4, 0.5) is 0 Å². The SMILES string of the molecule is CC(C)CNC(=O)[C@H](Cc1ccccc1)N(Cc1cccc(Br)c1)C(=O)CSCc1cccc(Cl)c1. The molecule has 1 atom stereocenters. The highest BCUT2D eigenvalue weighted by Crippen LogP contribution is 2.21. The van der Waals surface area contributed by atoms with Crippen LogP contribution in [0.3, 0.4) is 0 Å². The van der Waals surface area contributed by atoms with Gasteiger partial charge in [0.25, 0.3) is 0 Å². The van der Waals surface area contributed by atoms with E-state index in [1.807, 2.05) is 78.9 Å². The summed E-state index contributed by atoms with van der Waals surface area (Å²) in [6.07, 6.45) is 0.448. The number of carbonyl (C=O) groups excluding carboxylic acids is 2. The average molecular weight is 588 g/mol.